The van der Waals surface area contributed by atoms with E-state index in [-0.39, 0.29) is 12.5 Å². The maximum Gasteiger partial charge on any atom is 0.225 e. The average Bonchev–Trinajstić information content (AvgIpc) is 2.46. The summed E-state index contributed by atoms with van der Waals surface area (Å²) in [5, 5.41) is 9.22. The van der Waals surface area contributed by atoms with Crippen LogP contribution >= 0.6 is 0 Å². The molecule has 1 saturated heterocycles. The predicted octanol–water partition coefficient (Wildman–Crippen LogP) is 0.982. The smallest absolute Gasteiger partial charge is 0.225 e. The van der Waals surface area contributed by atoms with Gasteiger partial charge < -0.3 is 15.7 Å². The molecule has 3 N–H and O–H groups in total. The first-order chi connectivity index (χ1) is 8.74. The van der Waals surface area contributed by atoms with Crippen LogP contribution in [0.5, 0.6) is 0 Å². The monoisotopic (exact) mass is 254 g/mol. The summed E-state index contributed by atoms with van der Waals surface area (Å²) in [4.78, 5) is 14.4. The normalized spacial score (nSPS) is 33.4. The lowest BCUT2D eigenvalue weighted by molar-refractivity contribution is -0.139. The van der Waals surface area contributed by atoms with Crippen molar-refractivity contribution >= 4 is 5.91 Å². The van der Waals surface area contributed by atoms with Crippen LogP contribution in [0.3, 0.4) is 0 Å². The summed E-state index contributed by atoms with van der Waals surface area (Å²) in [5.74, 6) is 1.46. The molecule has 1 unspecified atom stereocenters. The van der Waals surface area contributed by atoms with E-state index in [0.717, 1.165) is 58.2 Å². The van der Waals surface area contributed by atoms with Crippen LogP contribution in [0, 0.1) is 17.8 Å². The minimum atomic E-state index is 0.212. The molecule has 2 rings (SSSR count). The lowest BCUT2D eigenvalue weighted by Crippen LogP contribution is -2.44. The number of aliphatic hydroxyl groups excluding tert-OH is 1. The van der Waals surface area contributed by atoms with Gasteiger partial charge in [0.1, 0.15) is 0 Å². The minimum Gasteiger partial charge on any atom is -0.396 e. The molecule has 1 aliphatic carbocycles. The molecular weight excluding hydrogens is 228 g/mol. The second kappa shape index (κ2) is 6.53. The van der Waals surface area contributed by atoms with Gasteiger partial charge in [-0.1, -0.05) is 0 Å². The first-order valence-electron chi connectivity index (χ1n) is 7.34. The summed E-state index contributed by atoms with van der Waals surface area (Å²) in [6.07, 6.45) is 6.30. The molecule has 1 saturated carbocycles. The molecule has 104 valence electrons. The first-order valence-corrected chi connectivity index (χ1v) is 7.34. The van der Waals surface area contributed by atoms with Gasteiger partial charge in [0.05, 0.1) is 0 Å². The summed E-state index contributed by atoms with van der Waals surface area (Å²) in [6.45, 7) is 2.61. The Bertz CT molecular complexity index is 275. The number of aliphatic hydroxyl groups is 1. The molecule has 1 atom stereocenters. The minimum absolute atomic E-state index is 0.212. The fraction of sp³-hybridized carbons (Fsp3) is 0.929. The van der Waals surface area contributed by atoms with Gasteiger partial charge in [-0.15, -0.1) is 0 Å². The van der Waals surface area contributed by atoms with E-state index in [4.69, 9.17) is 5.73 Å². The van der Waals surface area contributed by atoms with E-state index in [1.807, 2.05) is 4.90 Å². The third-order valence-electron chi connectivity index (χ3n) is 4.62. The molecule has 0 radical (unpaired) electrons. The number of piperidine rings is 1. The van der Waals surface area contributed by atoms with Gasteiger partial charge in [-0.25, -0.2) is 0 Å². The number of likely N-dealkylation sites (tertiary alicyclic amines) is 1. The van der Waals surface area contributed by atoms with E-state index in [1.165, 1.54) is 0 Å². The van der Waals surface area contributed by atoms with Crippen molar-refractivity contribution in [3.63, 3.8) is 0 Å². The Balaban J connectivity index is 1.83. The Morgan fingerprint density at radius 1 is 1.17 bits per heavy atom. The molecule has 2 aliphatic rings. The SMILES string of the molecule is NCC1CCC(C(=O)N2CCCC(CO)C2)CC1. The van der Waals surface area contributed by atoms with Crippen LogP contribution in [-0.2, 0) is 4.79 Å². The standard InChI is InChI=1S/C14H26N2O2/c15-8-11-3-5-13(6-4-11)14(18)16-7-1-2-12(9-16)10-17/h11-13,17H,1-10,15H2. The molecule has 18 heavy (non-hydrogen) atoms. The summed E-state index contributed by atoms with van der Waals surface area (Å²) in [7, 11) is 0. The highest BCUT2D eigenvalue weighted by Gasteiger charge is 2.31. The number of hydrogen-bond donors (Lipinski definition) is 2. The Labute approximate surface area is 110 Å². The van der Waals surface area contributed by atoms with Gasteiger partial charge in [0, 0.05) is 25.6 Å². The average molecular weight is 254 g/mol. The predicted molar refractivity (Wildman–Crippen MR) is 70.9 cm³/mol. The van der Waals surface area contributed by atoms with Crippen LogP contribution in [-0.4, -0.2) is 42.2 Å². The van der Waals surface area contributed by atoms with Gasteiger partial charge in [0.15, 0.2) is 0 Å². The van der Waals surface area contributed by atoms with Crippen LogP contribution in [0.2, 0.25) is 0 Å². The van der Waals surface area contributed by atoms with Gasteiger partial charge in [-0.3, -0.25) is 4.79 Å². The van der Waals surface area contributed by atoms with Gasteiger partial charge in [0.25, 0.3) is 0 Å². The Morgan fingerprint density at radius 3 is 2.50 bits per heavy atom. The van der Waals surface area contributed by atoms with Crippen molar-refractivity contribution in [3.05, 3.63) is 0 Å². The topological polar surface area (TPSA) is 66.6 Å². The molecule has 4 heteroatoms. The van der Waals surface area contributed by atoms with Crippen molar-refractivity contribution in [2.45, 2.75) is 38.5 Å². The lowest BCUT2D eigenvalue weighted by Gasteiger charge is -2.36. The first kappa shape index (κ1) is 13.8. The van der Waals surface area contributed by atoms with E-state index in [2.05, 4.69) is 0 Å². The molecule has 0 aromatic carbocycles. The number of amides is 1. The number of carbonyl (C=O) groups is 1. The van der Waals surface area contributed by atoms with Gasteiger partial charge in [-0.2, -0.15) is 0 Å². The van der Waals surface area contributed by atoms with Crippen LogP contribution in [0.4, 0.5) is 0 Å². The maximum atomic E-state index is 12.4. The maximum absolute atomic E-state index is 12.4. The molecule has 0 aromatic rings. The van der Waals surface area contributed by atoms with Crippen LogP contribution in [0.1, 0.15) is 38.5 Å². The highest BCUT2D eigenvalue weighted by atomic mass is 16.3. The number of nitrogens with zero attached hydrogens (tertiary/aromatic N) is 1. The van der Waals surface area contributed by atoms with Crippen molar-refractivity contribution in [2.24, 2.45) is 23.5 Å². The zero-order chi connectivity index (χ0) is 13.0. The second-order valence-corrected chi connectivity index (χ2v) is 5.93. The van der Waals surface area contributed by atoms with Crippen LogP contribution in [0.15, 0.2) is 0 Å². The highest BCUT2D eigenvalue weighted by Crippen LogP contribution is 2.30. The fourth-order valence-electron chi connectivity index (χ4n) is 3.32. The number of rotatable bonds is 3. The van der Waals surface area contributed by atoms with Crippen molar-refractivity contribution < 1.29 is 9.90 Å². The van der Waals surface area contributed by atoms with E-state index < -0.39 is 0 Å². The highest BCUT2D eigenvalue weighted by molar-refractivity contribution is 5.79. The van der Waals surface area contributed by atoms with E-state index in [1.54, 1.807) is 0 Å². The van der Waals surface area contributed by atoms with E-state index in [0.29, 0.717) is 17.7 Å². The Morgan fingerprint density at radius 2 is 1.89 bits per heavy atom. The molecule has 1 aliphatic heterocycles. The van der Waals surface area contributed by atoms with Crippen molar-refractivity contribution in [3.8, 4) is 0 Å². The van der Waals surface area contributed by atoms with Gasteiger partial charge in [-0.05, 0) is 56.9 Å². The number of carbonyl (C=O) groups excluding carboxylic acids is 1. The molecule has 0 aromatic heterocycles. The Kier molecular flexibility index (Phi) is 5.01. The van der Waals surface area contributed by atoms with E-state index in [9.17, 15) is 9.90 Å². The fourth-order valence-corrected chi connectivity index (χ4v) is 3.32. The molecule has 0 spiro atoms. The van der Waals surface area contributed by atoms with Gasteiger partial charge >= 0.3 is 0 Å². The molecule has 4 nitrogen and oxygen atoms in total. The second-order valence-electron chi connectivity index (χ2n) is 5.93. The van der Waals surface area contributed by atoms with Crippen molar-refractivity contribution in [1.29, 1.82) is 0 Å². The molecule has 1 heterocycles. The van der Waals surface area contributed by atoms with Crippen molar-refractivity contribution in [1.82, 2.24) is 4.90 Å². The zero-order valence-corrected chi connectivity index (χ0v) is 11.2. The van der Waals surface area contributed by atoms with Crippen LogP contribution < -0.4 is 5.73 Å². The summed E-state index contributed by atoms with van der Waals surface area (Å²) in [6, 6.07) is 0. The summed E-state index contributed by atoms with van der Waals surface area (Å²) >= 11 is 0. The number of hydrogen-bond acceptors (Lipinski definition) is 3. The third-order valence-corrected chi connectivity index (χ3v) is 4.62. The summed E-state index contributed by atoms with van der Waals surface area (Å²) < 4.78 is 0. The quantitative estimate of drug-likeness (QED) is 0.789. The van der Waals surface area contributed by atoms with Crippen LogP contribution in [0.25, 0.3) is 0 Å². The third kappa shape index (κ3) is 3.23. The summed E-state index contributed by atoms with van der Waals surface area (Å²) in [5.41, 5.74) is 5.68. The van der Waals surface area contributed by atoms with Gasteiger partial charge in [0.2, 0.25) is 5.91 Å². The van der Waals surface area contributed by atoms with Crippen molar-refractivity contribution in [2.75, 3.05) is 26.2 Å². The number of nitrogens with two attached hydrogens (primary N) is 1. The zero-order valence-electron chi connectivity index (χ0n) is 11.2. The molecule has 2 fully saturated rings. The molecule has 0 bridgehead atoms. The molecule has 1 amide bonds. The van der Waals surface area contributed by atoms with E-state index >= 15 is 0 Å². The Hall–Kier alpha value is -0.610. The lowest BCUT2D eigenvalue weighted by atomic mass is 9.81. The molecular formula is C14H26N2O2. The largest absolute Gasteiger partial charge is 0.396 e.